The monoisotopic (exact) mass is 258 g/mol. The summed E-state index contributed by atoms with van der Waals surface area (Å²) in [5.74, 6) is 0.0210. The third kappa shape index (κ3) is 4.22. The Morgan fingerprint density at radius 3 is 2.74 bits per heavy atom. The SMILES string of the molecule is NCc1ccc(NC(=O)CCCn2cccn2)cc1. The predicted octanol–water partition coefficient (Wildman–Crippen LogP) is 1.76. The fraction of sp³-hybridized carbons (Fsp3) is 0.286. The van der Waals surface area contributed by atoms with E-state index in [1.54, 1.807) is 6.20 Å². The van der Waals surface area contributed by atoms with Crippen LogP contribution in [-0.4, -0.2) is 15.7 Å². The van der Waals surface area contributed by atoms with Crippen molar-refractivity contribution in [2.24, 2.45) is 5.73 Å². The molecular weight excluding hydrogens is 240 g/mol. The molecule has 3 N–H and O–H groups in total. The Balaban J connectivity index is 1.74. The average Bonchev–Trinajstić information content (AvgIpc) is 2.93. The van der Waals surface area contributed by atoms with E-state index in [1.807, 2.05) is 41.2 Å². The number of nitrogens with two attached hydrogens (primary N) is 1. The molecule has 0 unspecified atom stereocenters. The Bertz CT molecular complexity index is 505. The molecule has 19 heavy (non-hydrogen) atoms. The minimum atomic E-state index is 0.0210. The lowest BCUT2D eigenvalue weighted by atomic mass is 10.2. The Morgan fingerprint density at radius 1 is 1.32 bits per heavy atom. The Morgan fingerprint density at radius 2 is 2.11 bits per heavy atom. The number of nitrogens with zero attached hydrogens (tertiary/aromatic N) is 2. The molecule has 0 atom stereocenters. The van der Waals surface area contributed by atoms with E-state index in [0.29, 0.717) is 13.0 Å². The second-order valence-electron chi connectivity index (χ2n) is 4.32. The van der Waals surface area contributed by atoms with E-state index in [2.05, 4.69) is 10.4 Å². The van der Waals surface area contributed by atoms with Gasteiger partial charge in [0.2, 0.25) is 5.91 Å². The quantitative estimate of drug-likeness (QED) is 0.829. The molecule has 100 valence electrons. The molecule has 0 saturated heterocycles. The van der Waals surface area contributed by atoms with Crippen LogP contribution in [0, 0.1) is 0 Å². The molecule has 2 rings (SSSR count). The van der Waals surface area contributed by atoms with Gasteiger partial charge in [0, 0.05) is 37.6 Å². The molecule has 0 aliphatic rings. The topological polar surface area (TPSA) is 72.9 Å². The lowest BCUT2D eigenvalue weighted by molar-refractivity contribution is -0.116. The molecule has 0 aliphatic heterocycles. The van der Waals surface area contributed by atoms with Crippen molar-refractivity contribution in [3.63, 3.8) is 0 Å². The molecule has 1 heterocycles. The summed E-state index contributed by atoms with van der Waals surface area (Å²) in [6.45, 7) is 1.27. The van der Waals surface area contributed by atoms with Crippen molar-refractivity contribution < 1.29 is 4.79 Å². The van der Waals surface area contributed by atoms with Gasteiger partial charge in [0.25, 0.3) is 0 Å². The highest BCUT2D eigenvalue weighted by atomic mass is 16.1. The number of aromatic nitrogens is 2. The average molecular weight is 258 g/mol. The fourth-order valence-electron chi connectivity index (χ4n) is 1.78. The normalized spacial score (nSPS) is 10.4. The summed E-state index contributed by atoms with van der Waals surface area (Å²) >= 11 is 0. The van der Waals surface area contributed by atoms with Crippen LogP contribution >= 0.6 is 0 Å². The highest BCUT2D eigenvalue weighted by Crippen LogP contribution is 2.09. The predicted molar refractivity (Wildman–Crippen MR) is 74.4 cm³/mol. The summed E-state index contributed by atoms with van der Waals surface area (Å²) in [6.07, 6.45) is 4.88. The second kappa shape index (κ2) is 6.70. The molecule has 1 aromatic heterocycles. The molecule has 5 heteroatoms. The molecule has 0 spiro atoms. The highest BCUT2D eigenvalue weighted by molar-refractivity contribution is 5.90. The molecule has 0 fully saturated rings. The Hall–Kier alpha value is -2.14. The van der Waals surface area contributed by atoms with E-state index < -0.39 is 0 Å². The van der Waals surface area contributed by atoms with Crippen LogP contribution < -0.4 is 11.1 Å². The zero-order valence-corrected chi connectivity index (χ0v) is 10.7. The Kier molecular flexibility index (Phi) is 4.69. The lowest BCUT2D eigenvalue weighted by Crippen LogP contribution is -2.12. The molecule has 0 bridgehead atoms. The van der Waals surface area contributed by atoms with Gasteiger partial charge in [-0.15, -0.1) is 0 Å². The van der Waals surface area contributed by atoms with Crippen molar-refractivity contribution in [1.29, 1.82) is 0 Å². The molecule has 5 nitrogen and oxygen atoms in total. The number of aryl methyl sites for hydroxylation is 1. The number of rotatable bonds is 6. The highest BCUT2D eigenvalue weighted by Gasteiger charge is 2.02. The first-order chi connectivity index (χ1) is 9.28. The van der Waals surface area contributed by atoms with Gasteiger partial charge in [-0.1, -0.05) is 12.1 Å². The fourth-order valence-corrected chi connectivity index (χ4v) is 1.78. The van der Waals surface area contributed by atoms with Gasteiger partial charge < -0.3 is 11.1 Å². The largest absolute Gasteiger partial charge is 0.326 e. The lowest BCUT2D eigenvalue weighted by Gasteiger charge is -2.06. The summed E-state index contributed by atoms with van der Waals surface area (Å²) in [5, 5.41) is 6.95. The van der Waals surface area contributed by atoms with Crippen LogP contribution in [0.5, 0.6) is 0 Å². The van der Waals surface area contributed by atoms with Gasteiger partial charge in [-0.2, -0.15) is 5.10 Å². The van der Waals surface area contributed by atoms with Crippen LogP contribution in [0.3, 0.4) is 0 Å². The van der Waals surface area contributed by atoms with Crippen molar-refractivity contribution in [2.75, 3.05) is 5.32 Å². The smallest absolute Gasteiger partial charge is 0.224 e. The van der Waals surface area contributed by atoms with Gasteiger partial charge in [-0.25, -0.2) is 0 Å². The van der Waals surface area contributed by atoms with Gasteiger partial charge in [0.05, 0.1) is 0 Å². The third-order valence-corrected chi connectivity index (χ3v) is 2.82. The second-order valence-corrected chi connectivity index (χ2v) is 4.32. The maximum atomic E-state index is 11.7. The molecule has 0 radical (unpaired) electrons. The number of benzene rings is 1. The van der Waals surface area contributed by atoms with Crippen molar-refractivity contribution >= 4 is 11.6 Å². The molecule has 0 saturated carbocycles. The van der Waals surface area contributed by atoms with Gasteiger partial charge >= 0.3 is 0 Å². The number of amides is 1. The summed E-state index contributed by atoms with van der Waals surface area (Å²) in [6, 6.07) is 9.44. The number of hydrogen-bond acceptors (Lipinski definition) is 3. The summed E-state index contributed by atoms with van der Waals surface area (Å²) in [7, 11) is 0. The van der Waals surface area contributed by atoms with Gasteiger partial charge in [0.1, 0.15) is 0 Å². The zero-order valence-electron chi connectivity index (χ0n) is 10.7. The number of anilines is 1. The molecule has 1 amide bonds. The van der Waals surface area contributed by atoms with E-state index in [1.165, 1.54) is 0 Å². The number of nitrogens with one attached hydrogen (secondary N) is 1. The first-order valence-electron chi connectivity index (χ1n) is 6.34. The van der Waals surface area contributed by atoms with E-state index in [4.69, 9.17) is 5.73 Å². The minimum Gasteiger partial charge on any atom is -0.326 e. The summed E-state index contributed by atoms with van der Waals surface area (Å²) in [4.78, 5) is 11.7. The van der Waals surface area contributed by atoms with Crippen molar-refractivity contribution in [2.45, 2.75) is 25.9 Å². The van der Waals surface area contributed by atoms with Crippen LogP contribution in [0.25, 0.3) is 0 Å². The van der Waals surface area contributed by atoms with Crippen LogP contribution in [0.2, 0.25) is 0 Å². The molecule has 1 aromatic carbocycles. The molecular formula is C14H18N4O. The Labute approximate surface area is 112 Å². The van der Waals surface area contributed by atoms with Gasteiger partial charge in [-0.3, -0.25) is 9.48 Å². The first-order valence-corrected chi connectivity index (χ1v) is 6.34. The van der Waals surface area contributed by atoms with Crippen molar-refractivity contribution in [3.8, 4) is 0 Å². The first kappa shape index (κ1) is 13.3. The maximum Gasteiger partial charge on any atom is 0.224 e. The third-order valence-electron chi connectivity index (χ3n) is 2.82. The van der Waals surface area contributed by atoms with Gasteiger partial charge in [0.15, 0.2) is 0 Å². The van der Waals surface area contributed by atoms with Gasteiger partial charge in [-0.05, 0) is 30.2 Å². The van der Waals surface area contributed by atoms with E-state index >= 15 is 0 Å². The van der Waals surface area contributed by atoms with Crippen LogP contribution in [0.4, 0.5) is 5.69 Å². The minimum absolute atomic E-state index is 0.0210. The zero-order chi connectivity index (χ0) is 13.5. The number of hydrogen-bond donors (Lipinski definition) is 2. The maximum absolute atomic E-state index is 11.7. The summed E-state index contributed by atoms with van der Waals surface area (Å²) < 4.78 is 1.82. The number of carbonyl (C=O) groups is 1. The van der Waals surface area contributed by atoms with Crippen LogP contribution in [0.1, 0.15) is 18.4 Å². The molecule has 0 aliphatic carbocycles. The van der Waals surface area contributed by atoms with Crippen LogP contribution in [0.15, 0.2) is 42.7 Å². The van der Waals surface area contributed by atoms with E-state index in [0.717, 1.165) is 24.2 Å². The summed E-state index contributed by atoms with van der Waals surface area (Å²) in [5.41, 5.74) is 7.38. The number of carbonyl (C=O) groups excluding carboxylic acids is 1. The standard InChI is InChI=1S/C14H18N4O/c15-11-12-4-6-13(7-5-12)17-14(19)3-1-9-18-10-2-8-16-18/h2,4-8,10H,1,3,9,11,15H2,(H,17,19). The van der Waals surface area contributed by atoms with Crippen molar-refractivity contribution in [3.05, 3.63) is 48.3 Å². The molecule has 2 aromatic rings. The van der Waals surface area contributed by atoms with Crippen LogP contribution in [-0.2, 0) is 17.9 Å². The van der Waals surface area contributed by atoms with E-state index in [9.17, 15) is 4.79 Å². The van der Waals surface area contributed by atoms with E-state index in [-0.39, 0.29) is 5.91 Å². The van der Waals surface area contributed by atoms with Crippen molar-refractivity contribution in [1.82, 2.24) is 9.78 Å².